The predicted octanol–water partition coefficient (Wildman–Crippen LogP) is 3.56. The van der Waals surface area contributed by atoms with Crippen LogP contribution in [0.5, 0.6) is 0 Å². The fourth-order valence-corrected chi connectivity index (χ4v) is 2.82. The van der Waals surface area contributed by atoms with Crippen LogP contribution in [-0.2, 0) is 4.79 Å². The van der Waals surface area contributed by atoms with Crippen LogP contribution >= 0.6 is 27.5 Å². The minimum Gasteiger partial charge on any atom is -0.328 e. The lowest BCUT2D eigenvalue weighted by atomic mass is 9.85. The summed E-state index contributed by atoms with van der Waals surface area (Å²) in [4.78, 5) is 12.1. The lowest BCUT2D eigenvalue weighted by Gasteiger charge is -2.25. The first kappa shape index (κ1) is 13.8. The Balaban J connectivity index is 2.04. The van der Waals surface area contributed by atoms with Crippen molar-refractivity contribution >= 4 is 39.1 Å². The lowest BCUT2D eigenvalue weighted by molar-refractivity contribution is -0.120. The largest absolute Gasteiger partial charge is 0.328 e. The molecule has 98 valence electrons. The highest BCUT2D eigenvalue weighted by molar-refractivity contribution is 9.10. The van der Waals surface area contributed by atoms with Crippen LogP contribution in [0.4, 0.5) is 5.69 Å². The highest BCUT2D eigenvalue weighted by Crippen LogP contribution is 2.28. The molecular weight excluding hydrogens is 316 g/mol. The molecule has 5 heteroatoms. The monoisotopic (exact) mass is 330 g/mol. The van der Waals surface area contributed by atoms with Gasteiger partial charge in [0.1, 0.15) is 0 Å². The van der Waals surface area contributed by atoms with Crippen LogP contribution in [0.2, 0.25) is 5.02 Å². The van der Waals surface area contributed by atoms with Gasteiger partial charge in [-0.05, 0) is 37.5 Å². The second-order valence-electron chi connectivity index (χ2n) is 4.74. The topological polar surface area (TPSA) is 55.1 Å². The fourth-order valence-electron chi connectivity index (χ4n) is 2.29. The summed E-state index contributed by atoms with van der Waals surface area (Å²) in [5.74, 6) is 0.0222. The summed E-state index contributed by atoms with van der Waals surface area (Å²) in [6.07, 6.45) is 3.70. The van der Waals surface area contributed by atoms with E-state index in [-0.39, 0.29) is 17.9 Å². The number of nitrogens with one attached hydrogen (secondary N) is 1. The van der Waals surface area contributed by atoms with Crippen LogP contribution < -0.4 is 11.1 Å². The Morgan fingerprint density at radius 2 is 2.22 bits per heavy atom. The molecule has 18 heavy (non-hydrogen) atoms. The van der Waals surface area contributed by atoms with Gasteiger partial charge in [0.25, 0.3) is 0 Å². The van der Waals surface area contributed by atoms with E-state index < -0.39 is 0 Å². The summed E-state index contributed by atoms with van der Waals surface area (Å²) in [6, 6.07) is 5.55. The van der Waals surface area contributed by atoms with Crippen molar-refractivity contribution in [1.82, 2.24) is 0 Å². The zero-order valence-corrected chi connectivity index (χ0v) is 12.3. The normalized spacial score (nSPS) is 23.7. The zero-order valence-electron chi connectivity index (χ0n) is 9.96. The zero-order chi connectivity index (χ0) is 13.1. The molecule has 2 atom stereocenters. The number of anilines is 1. The third-order valence-corrected chi connectivity index (χ3v) is 4.09. The van der Waals surface area contributed by atoms with Gasteiger partial charge in [0.05, 0.1) is 10.7 Å². The molecule has 3 nitrogen and oxygen atoms in total. The van der Waals surface area contributed by atoms with Gasteiger partial charge >= 0.3 is 0 Å². The molecule has 1 fully saturated rings. The molecule has 1 aromatic rings. The van der Waals surface area contributed by atoms with E-state index in [9.17, 15) is 4.79 Å². The molecule has 1 aliphatic carbocycles. The van der Waals surface area contributed by atoms with Crippen LogP contribution in [0.1, 0.15) is 25.7 Å². The second-order valence-corrected chi connectivity index (χ2v) is 6.06. The van der Waals surface area contributed by atoms with Gasteiger partial charge in [-0.25, -0.2) is 0 Å². The maximum absolute atomic E-state index is 12.1. The second kappa shape index (κ2) is 6.04. The van der Waals surface area contributed by atoms with Gasteiger partial charge in [-0.2, -0.15) is 0 Å². The molecule has 0 bridgehead atoms. The number of halogens is 2. The molecule has 0 heterocycles. The van der Waals surface area contributed by atoms with Gasteiger partial charge in [0.2, 0.25) is 5.91 Å². The van der Waals surface area contributed by atoms with Gasteiger partial charge in [-0.1, -0.05) is 34.0 Å². The molecule has 0 saturated heterocycles. The first-order valence-electron chi connectivity index (χ1n) is 6.08. The van der Waals surface area contributed by atoms with Crippen molar-refractivity contribution in [2.45, 2.75) is 31.7 Å². The average molecular weight is 332 g/mol. The Hall–Kier alpha value is -0.580. The molecule has 1 aliphatic rings. The minimum atomic E-state index is 0.00352. The summed E-state index contributed by atoms with van der Waals surface area (Å²) >= 11 is 9.41. The van der Waals surface area contributed by atoms with Crippen molar-refractivity contribution in [2.24, 2.45) is 11.7 Å². The summed E-state index contributed by atoms with van der Waals surface area (Å²) in [7, 11) is 0. The number of benzene rings is 1. The van der Waals surface area contributed by atoms with Crippen molar-refractivity contribution in [3.63, 3.8) is 0 Å². The van der Waals surface area contributed by atoms with Gasteiger partial charge in [0, 0.05) is 16.4 Å². The van der Waals surface area contributed by atoms with E-state index >= 15 is 0 Å². The van der Waals surface area contributed by atoms with Crippen LogP contribution in [0.15, 0.2) is 22.7 Å². The molecule has 0 radical (unpaired) electrons. The molecule has 1 aromatic carbocycles. The van der Waals surface area contributed by atoms with Gasteiger partial charge in [-0.3, -0.25) is 4.79 Å². The number of carbonyl (C=O) groups is 1. The van der Waals surface area contributed by atoms with E-state index in [1.54, 1.807) is 6.07 Å². The van der Waals surface area contributed by atoms with Crippen LogP contribution in [0.25, 0.3) is 0 Å². The van der Waals surface area contributed by atoms with Crippen molar-refractivity contribution in [3.05, 3.63) is 27.7 Å². The highest BCUT2D eigenvalue weighted by atomic mass is 79.9. The number of carbonyl (C=O) groups excluding carboxylic acids is 1. The maximum Gasteiger partial charge on any atom is 0.227 e. The smallest absolute Gasteiger partial charge is 0.227 e. The van der Waals surface area contributed by atoms with E-state index in [1.807, 2.05) is 12.1 Å². The first-order chi connectivity index (χ1) is 8.56. The Morgan fingerprint density at radius 3 is 2.94 bits per heavy atom. The third kappa shape index (κ3) is 3.46. The molecule has 2 rings (SSSR count). The Kier molecular flexibility index (Phi) is 4.65. The number of hydrogen-bond acceptors (Lipinski definition) is 2. The van der Waals surface area contributed by atoms with Gasteiger partial charge < -0.3 is 11.1 Å². The fraction of sp³-hybridized carbons (Fsp3) is 0.462. The number of rotatable bonds is 2. The van der Waals surface area contributed by atoms with Gasteiger partial charge in [0.15, 0.2) is 0 Å². The van der Waals surface area contributed by atoms with Crippen molar-refractivity contribution in [3.8, 4) is 0 Å². The van der Waals surface area contributed by atoms with Gasteiger partial charge in [-0.15, -0.1) is 0 Å². The van der Waals surface area contributed by atoms with Crippen LogP contribution in [-0.4, -0.2) is 11.9 Å². The minimum absolute atomic E-state index is 0.00352. The SMILES string of the molecule is NC1CCCC(C(=O)Nc2cc(Br)ccc2Cl)C1. The maximum atomic E-state index is 12.1. The molecular formula is C13H16BrClN2O. The van der Waals surface area contributed by atoms with E-state index in [1.165, 1.54) is 0 Å². The van der Waals surface area contributed by atoms with Crippen molar-refractivity contribution < 1.29 is 4.79 Å². The highest BCUT2D eigenvalue weighted by Gasteiger charge is 2.25. The number of amides is 1. The number of hydrogen-bond donors (Lipinski definition) is 2. The summed E-state index contributed by atoms with van der Waals surface area (Å²) < 4.78 is 0.891. The van der Waals surface area contributed by atoms with Crippen LogP contribution in [0.3, 0.4) is 0 Å². The third-order valence-electron chi connectivity index (χ3n) is 3.27. The molecule has 0 aliphatic heterocycles. The predicted molar refractivity (Wildman–Crippen MR) is 77.7 cm³/mol. The van der Waals surface area contributed by atoms with Crippen molar-refractivity contribution in [2.75, 3.05) is 5.32 Å². The molecule has 1 saturated carbocycles. The van der Waals surface area contributed by atoms with E-state index in [0.717, 1.165) is 30.2 Å². The standard InChI is InChI=1S/C13H16BrClN2O/c14-9-4-5-11(15)12(7-9)17-13(18)8-2-1-3-10(16)6-8/h4-5,7-8,10H,1-3,6,16H2,(H,17,18). The lowest BCUT2D eigenvalue weighted by Crippen LogP contribution is -2.34. The summed E-state index contributed by atoms with van der Waals surface area (Å²) in [5.41, 5.74) is 6.55. The molecule has 1 amide bonds. The Morgan fingerprint density at radius 1 is 1.44 bits per heavy atom. The van der Waals surface area contributed by atoms with E-state index in [0.29, 0.717) is 10.7 Å². The Bertz CT molecular complexity index is 453. The van der Waals surface area contributed by atoms with Crippen LogP contribution in [0, 0.1) is 5.92 Å². The molecule has 3 N–H and O–H groups in total. The average Bonchev–Trinajstić information content (AvgIpc) is 2.34. The Labute approximate surface area is 120 Å². The molecule has 2 unspecified atom stereocenters. The van der Waals surface area contributed by atoms with Crippen molar-refractivity contribution in [1.29, 1.82) is 0 Å². The summed E-state index contributed by atoms with van der Waals surface area (Å²) in [5, 5.41) is 3.43. The summed E-state index contributed by atoms with van der Waals surface area (Å²) in [6.45, 7) is 0. The number of nitrogens with two attached hydrogens (primary N) is 1. The quantitative estimate of drug-likeness (QED) is 0.870. The first-order valence-corrected chi connectivity index (χ1v) is 7.25. The molecule has 0 spiro atoms. The van der Waals surface area contributed by atoms with E-state index in [4.69, 9.17) is 17.3 Å². The molecule has 0 aromatic heterocycles. The van der Waals surface area contributed by atoms with E-state index in [2.05, 4.69) is 21.2 Å².